The zero-order valence-electron chi connectivity index (χ0n) is 17.1. The van der Waals surface area contributed by atoms with E-state index in [0.717, 1.165) is 11.1 Å². The number of amides is 1. The summed E-state index contributed by atoms with van der Waals surface area (Å²) in [4.78, 5) is 12.9. The van der Waals surface area contributed by atoms with E-state index in [9.17, 15) is 13.2 Å². The molecule has 0 aliphatic carbocycles. The van der Waals surface area contributed by atoms with Crippen molar-refractivity contribution in [2.24, 2.45) is 0 Å². The van der Waals surface area contributed by atoms with Crippen LogP contribution in [0.5, 0.6) is 5.75 Å². The monoisotopic (exact) mass is 404 g/mol. The minimum atomic E-state index is -3.64. The number of carbonyl (C=O) groups is 1. The quantitative estimate of drug-likeness (QED) is 0.722. The Labute approximate surface area is 167 Å². The minimum Gasteiger partial charge on any atom is -0.492 e. The smallest absolute Gasteiger partial charge is 0.255 e. The molecule has 0 aliphatic rings. The molecule has 2 rings (SSSR count). The molecule has 0 saturated heterocycles. The van der Waals surface area contributed by atoms with Gasteiger partial charge < -0.3 is 10.1 Å². The van der Waals surface area contributed by atoms with E-state index in [-0.39, 0.29) is 10.8 Å². The van der Waals surface area contributed by atoms with Gasteiger partial charge >= 0.3 is 0 Å². The van der Waals surface area contributed by atoms with E-state index in [4.69, 9.17) is 4.74 Å². The molecule has 7 heteroatoms. The lowest BCUT2D eigenvalue weighted by molar-refractivity contribution is 0.102. The molecule has 2 aromatic carbocycles. The van der Waals surface area contributed by atoms with Gasteiger partial charge in [-0.1, -0.05) is 31.0 Å². The van der Waals surface area contributed by atoms with Crippen molar-refractivity contribution in [1.82, 2.24) is 4.31 Å². The maximum Gasteiger partial charge on any atom is 0.255 e. The third kappa shape index (κ3) is 4.91. The van der Waals surface area contributed by atoms with Crippen molar-refractivity contribution < 1.29 is 17.9 Å². The molecule has 1 N–H and O–H groups in total. The van der Waals surface area contributed by atoms with Crippen molar-refractivity contribution in [2.75, 3.05) is 25.0 Å². The predicted molar refractivity (Wildman–Crippen MR) is 112 cm³/mol. The van der Waals surface area contributed by atoms with E-state index < -0.39 is 10.0 Å². The highest BCUT2D eigenvalue weighted by Crippen LogP contribution is 2.30. The van der Waals surface area contributed by atoms with E-state index in [1.165, 1.54) is 16.4 Å². The first kappa shape index (κ1) is 21.9. The van der Waals surface area contributed by atoms with Gasteiger partial charge in [0, 0.05) is 18.7 Å². The summed E-state index contributed by atoms with van der Waals surface area (Å²) >= 11 is 0. The molecule has 0 spiro atoms. The molecule has 0 saturated carbocycles. The minimum absolute atomic E-state index is 0.121. The standard InChI is InChI=1S/C21H28N2O4S/c1-6-23(7-2)28(25,26)18-9-10-20(27-8-3)19(14-18)22-21(24)17-12-15(4)11-16(5)13-17/h9-14H,6-8H2,1-5H3,(H,22,24). The second-order valence-electron chi connectivity index (χ2n) is 6.51. The second kappa shape index (κ2) is 9.21. The molecule has 1 amide bonds. The summed E-state index contributed by atoms with van der Waals surface area (Å²) in [6, 6.07) is 10.1. The summed E-state index contributed by atoms with van der Waals surface area (Å²) < 4.78 is 32.6. The topological polar surface area (TPSA) is 75.7 Å². The van der Waals surface area contributed by atoms with Gasteiger partial charge in [0.1, 0.15) is 5.75 Å². The summed E-state index contributed by atoms with van der Waals surface area (Å²) in [7, 11) is -3.64. The van der Waals surface area contributed by atoms with Gasteiger partial charge in [0.15, 0.2) is 0 Å². The zero-order valence-corrected chi connectivity index (χ0v) is 17.9. The highest BCUT2D eigenvalue weighted by Gasteiger charge is 2.23. The van der Waals surface area contributed by atoms with Crippen LogP contribution >= 0.6 is 0 Å². The second-order valence-corrected chi connectivity index (χ2v) is 8.45. The Morgan fingerprint density at radius 1 is 1.00 bits per heavy atom. The third-order valence-electron chi connectivity index (χ3n) is 4.33. The summed E-state index contributed by atoms with van der Waals surface area (Å²) in [5, 5.41) is 2.81. The van der Waals surface area contributed by atoms with Crippen LogP contribution < -0.4 is 10.1 Å². The van der Waals surface area contributed by atoms with Crippen LogP contribution in [0, 0.1) is 13.8 Å². The van der Waals surface area contributed by atoms with E-state index in [1.807, 2.05) is 26.8 Å². The average Bonchev–Trinajstić information content (AvgIpc) is 2.63. The summed E-state index contributed by atoms with van der Waals surface area (Å²) in [5.74, 6) is 0.115. The molecule has 0 unspecified atom stereocenters. The lowest BCUT2D eigenvalue weighted by atomic mass is 10.1. The SMILES string of the molecule is CCOc1ccc(S(=O)(=O)N(CC)CC)cc1NC(=O)c1cc(C)cc(C)c1. The number of nitrogens with one attached hydrogen (secondary N) is 1. The van der Waals surface area contributed by atoms with Gasteiger partial charge in [-0.05, 0) is 51.1 Å². The first-order valence-electron chi connectivity index (χ1n) is 9.39. The Balaban J connectivity index is 2.45. The highest BCUT2D eigenvalue weighted by molar-refractivity contribution is 7.89. The van der Waals surface area contributed by atoms with Crippen LogP contribution in [0.2, 0.25) is 0 Å². The molecule has 0 aliphatic heterocycles. The molecular formula is C21H28N2O4S. The third-order valence-corrected chi connectivity index (χ3v) is 6.37. The van der Waals surface area contributed by atoms with Crippen LogP contribution in [0.15, 0.2) is 41.3 Å². The van der Waals surface area contributed by atoms with Crippen molar-refractivity contribution in [1.29, 1.82) is 0 Å². The maximum absolute atomic E-state index is 12.8. The fraction of sp³-hybridized carbons (Fsp3) is 0.381. The molecule has 0 radical (unpaired) electrons. The first-order chi connectivity index (χ1) is 13.2. The lowest BCUT2D eigenvalue weighted by Crippen LogP contribution is -2.30. The fourth-order valence-electron chi connectivity index (χ4n) is 3.06. The van der Waals surface area contributed by atoms with Crippen LogP contribution in [0.4, 0.5) is 5.69 Å². The van der Waals surface area contributed by atoms with Gasteiger partial charge in [0.2, 0.25) is 10.0 Å². The number of sulfonamides is 1. The zero-order chi connectivity index (χ0) is 20.9. The molecule has 0 fully saturated rings. The van der Waals surface area contributed by atoms with Gasteiger partial charge in [0.05, 0.1) is 17.2 Å². The number of hydrogen-bond acceptors (Lipinski definition) is 4. The van der Waals surface area contributed by atoms with Crippen LogP contribution in [-0.4, -0.2) is 38.3 Å². The molecule has 152 valence electrons. The van der Waals surface area contributed by atoms with Gasteiger partial charge in [-0.2, -0.15) is 4.31 Å². The number of benzene rings is 2. The number of ether oxygens (including phenoxy) is 1. The summed E-state index contributed by atoms with van der Waals surface area (Å²) in [5.41, 5.74) is 2.80. The summed E-state index contributed by atoms with van der Waals surface area (Å²) in [6.07, 6.45) is 0. The number of aryl methyl sites for hydroxylation is 2. The molecule has 6 nitrogen and oxygen atoms in total. The van der Waals surface area contributed by atoms with Gasteiger partial charge in [0.25, 0.3) is 5.91 Å². The molecule has 0 bridgehead atoms. The van der Waals surface area contributed by atoms with E-state index in [0.29, 0.717) is 36.7 Å². The molecule has 2 aromatic rings. The van der Waals surface area contributed by atoms with Gasteiger partial charge in [-0.15, -0.1) is 0 Å². The van der Waals surface area contributed by atoms with Crippen LogP contribution in [0.3, 0.4) is 0 Å². The Morgan fingerprint density at radius 3 is 2.14 bits per heavy atom. The number of anilines is 1. The normalized spacial score (nSPS) is 11.5. The Kier molecular flexibility index (Phi) is 7.21. The van der Waals surface area contributed by atoms with E-state index in [2.05, 4.69) is 5.32 Å². The fourth-order valence-corrected chi connectivity index (χ4v) is 4.55. The maximum atomic E-state index is 12.8. The van der Waals surface area contributed by atoms with E-state index >= 15 is 0 Å². The van der Waals surface area contributed by atoms with Crippen molar-refractivity contribution in [2.45, 2.75) is 39.5 Å². The molecular weight excluding hydrogens is 376 g/mol. The number of rotatable bonds is 8. The highest BCUT2D eigenvalue weighted by atomic mass is 32.2. The van der Waals surface area contributed by atoms with Crippen molar-refractivity contribution >= 4 is 21.6 Å². The number of hydrogen-bond donors (Lipinski definition) is 1. The largest absolute Gasteiger partial charge is 0.492 e. The Hall–Kier alpha value is -2.38. The molecule has 0 heterocycles. The predicted octanol–water partition coefficient (Wildman–Crippen LogP) is 3.98. The van der Waals surface area contributed by atoms with E-state index in [1.54, 1.807) is 32.0 Å². The average molecular weight is 405 g/mol. The molecule has 0 atom stereocenters. The van der Waals surface area contributed by atoms with Crippen LogP contribution in [-0.2, 0) is 10.0 Å². The van der Waals surface area contributed by atoms with Crippen molar-refractivity contribution in [3.8, 4) is 5.75 Å². The van der Waals surface area contributed by atoms with Crippen molar-refractivity contribution in [3.05, 3.63) is 53.1 Å². The molecule has 28 heavy (non-hydrogen) atoms. The van der Waals surface area contributed by atoms with Gasteiger partial charge in [-0.3, -0.25) is 4.79 Å². The summed E-state index contributed by atoms with van der Waals surface area (Å²) in [6.45, 7) is 10.4. The number of carbonyl (C=O) groups excluding carboxylic acids is 1. The van der Waals surface area contributed by atoms with Crippen LogP contribution in [0.25, 0.3) is 0 Å². The number of nitrogens with zero attached hydrogens (tertiary/aromatic N) is 1. The lowest BCUT2D eigenvalue weighted by Gasteiger charge is -2.20. The molecule has 0 aromatic heterocycles. The first-order valence-corrected chi connectivity index (χ1v) is 10.8. The Bertz CT molecular complexity index is 931. The van der Waals surface area contributed by atoms with Crippen molar-refractivity contribution in [3.63, 3.8) is 0 Å². The van der Waals surface area contributed by atoms with Crippen LogP contribution in [0.1, 0.15) is 42.3 Å². The van der Waals surface area contributed by atoms with Gasteiger partial charge in [-0.25, -0.2) is 8.42 Å². The Morgan fingerprint density at radius 2 is 1.61 bits per heavy atom.